The van der Waals surface area contributed by atoms with Crippen molar-refractivity contribution in [2.24, 2.45) is 7.05 Å². The molecule has 0 saturated heterocycles. The van der Waals surface area contributed by atoms with E-state index in [1.807, 2.05) is 88.7 Å². The normalized spacial score (nSPS) is 13.7. The summed E-state index contributed by atoms with van der Waals surface area (Å²) in [4.78, 5) is 0. The molecule has 0 spiro atoms. The summed E-state index contributed by atoms with van der Waals surface area (Å²) in [6.07, 6.45) is 10.2. The van der Waals surface area contributed by atoms with E-state index in [0.717, 1.165) is 28.0 Å². The Morgan fingerprint density at radius 3 is 2.63 bits per heavy atom. The van der Waals surface area contributed by atoms with Crippen LogP contribution >= 0.6 is 0 Å². The molecular weight excluding hydrogens is 407 g/mol. The fraction of sp³-hybridized carbons (Fsp3) is 0.174. The van der Waals surface area contributed by atoms with Crippen LogP contribution < -0.4 is 4.57 Å². The number of nitrogens with zero attached hydrogens (tertiary/aromatic N) is 3. The maximum atomic E-state index is 7.92. The molecule has 2 aromatic heterocycles. The van der Waals surface area contributed by atoms with E-state index >= 15 is 0 Å². The first-order valence-corrected chi connectivity index (χ1v) is 8.53. The van der Waals surface area contributed by atoms with Crippen molar-refractivity contribution in [1.29, 1.82) is 0 Å². The number of aromatic nitrogens is 3. The van der Waals surface area contributed by atoms with Crippen LogP contribution in [0.2, 0.25) is 0 Å². The number of allylic oxidation sites excluding steroid dienone is 2. The topological polar surface area (TPSA) is 13.7 Å². The van der Waals surface area contributed by atoms with Gasteiger partial charge in [0.2, 0.25) is 0 Å². The Bertz CT molecular complexity index is 1220. The van der Waals surface area contributed by atoms with Gasteiger partial charge >= 0.3 is 0 Å². The zero-order valence-corrected chi connectivity index (χ0v) is 18.5. The van der Waals surface area contributed by atoms with Gasteiger partial charge in [-0.2, -0.15) is 5.39 Å². The number of para-hydroxylation sites is 2. The molecule has 0 saturated carbocycles. The predicted octanol–water partition coefficient (Wildman–Crippen LogP) is 4.58. The minimum atomic E-state index is -2.26. The Morgan fingerprint density at radius 2 is 1.93 bits per heavy atom. The van der Waals surface area contributed by atoms with Gasteiger partial charge in [0.1, 0.15) is 11.9 Å². The standard InChI is InChI=1S/C23H22N3.Y/c1-5-17(2)21-14-26(23-18(3)10-9-13-20(21)23)22-15-25(16-24(22)4)19-11-7-6-8-12-19;/h6-13,15-16H,1-4H3;/q-1;/i2D3;. The minimum absolute atomic E-state index is 0. The Kier molecular flexibility index (Phi) is 4.72. The van der Waals surface area contributed by atoms with Gasteiger partial charge in [-0.1, -0.05) is 42.1 Å². The third kappa shape index (κ3) is 3.46. The van der Waals surface area contributed by atoms with Crippen LogP contribution in [0, 0.1) is 19.2 Å². The average molecular weight is 432 g/mol. The maximum Gasteiger partial charge on any atom is 0.199 e. The van der Waals surface area contributed by atoms with Crippen LogP contribution in [0.15, 0.2) is 61.1 Å². The van der Waals surface area contributed by atoms with E-state index < -0.39 is 6.85 Å². The molecule has 27 heavy (non-hydrogen) atoms. The molecule has 1 radical (unpaired) electrons. The van der Waals surface area contributed by atoms with E-state index in [0.29, 0.717) is 5.56 Å². The van der Waals surface area contributed by atoms with Gasteiger partial charge in [-0.15, -0.1) is 19.8 Å². The van der Waals surface area contributed by atoms with Crippen LogP contribution in [-0.2, 0) is 39.8 Å². The number of fused-ring (bicyclic) bond motifs is 1. The molecule has 0 aliphatic heterocycles. The van der Waals surface area contributed by atoms with Crippen LogP contribution in [0.3, 0.4) is 0 Å². The third-order valence-corrected chi connectivity index (χ3v) is 4.65. The van der Waals surface area contributed by atoms with Gasteiger partial charge in [-0.3, -0.25) is 10.1 Å². The van der Waals surface area contributed by atoms with Gasteiger partial charge in [0.05, 0.1) is 7.05 Å². The molecule has 4 heteroatoms. The first-order chi connectivity index (χ1) is 13.8. The summed E-state index contributed by atoms with van der Waals surface area (Å²) < 4.78 is 29.8. The van der Waals surface area contributed by atoms with Gasteiger partial charge in [-0.05, 0) is 24.6 Å². The molecule has 2 heterocycles. The summed E-state index contributed by atoms with van der Waals surface area (Å²) >= 11 is 0. The zero-order chi connectivity index (χ0) is 20.8. The first kappa shape index (κ1) is 16.0. The second-order valence-electron chi connectivity index (χ2n) is 6.37. The van der Waals surface area contributed by atoms with Crippen molar-refractivity contribution in [3.63, 3.8) is 0 Å². The van der Waals surface area contributed by atoms with Crippen molar-refractivity contribution >= 4 is 16.5 Å². The quantitative estimate of drug-likeness (QED) is 0.332. The number of rotatable bonds is 3. The van der Waals surface area contributed by atoms with Crippen LogP contribution in [-0.4, -0.2) is 9.13 Å². The fourth-order valence-corrected chi connectivity index (χ4v) is 3.32. The third-order valence-electron chi connectivity index (χ3n) is 4.65. The predicted molar refractivity (Wildman–Crippen MR) is 105 cm³/mol. The Hall–Kier alpha value is -1.97. The van der Waals surface area contributed by atoms with Crippen LogP contribution in [0.4, 0.5) is 0 Å². The largest absolute Gasteiger partial charge is 0.348 e. The van der Waals surface area contributed by atoms with Gasteiger partial charge < -0.3 is 10.6 Å². The summed E-state index contributed by atoms with van der Waals surface area (Å²) in [6.45, 7) is 1.41. The number of hydrogen-bond donors (Lipinski definition) is 0. The monoisotopic (exact) mass is 432 g/mol. The molecular formula is C23H22N3Y-. The Labute approximate surface area is 190 Å². The van der Waals surface area contributed by atoms with Crippen LogP contribution in [0.1, 0.15) is 29.0 Å². The second kappa shape index (κ2) is 7.96. The molecule has 0 atom stereocenters. The van der Waals surface area contributed by atoms with Crippen molar-refractivity contribution in [3.8, 4) is 11.5 Å². The molecule has 0 fully saturated rings. The number of benzene rings is 2. The summed E-state index contributed by atoms with van der Waals surface area (Å²) in [5.41, 5.74) is 3.81. The first-order valence-electron chi connectivity index (χ1n) is 10.0. The van der Waals surface area contributed by atoms with Gasteiger partial charge in [0.25, 0.3) is 0 Å². The van der Waals surface area contributed by atoms with E-state index in [1.54, 1.807) is 6.92 Å². The summed E-state index contributed by atoms with van der Waals surface area (Å²) in [5.74, 6) is 0.889. The maximum absolute atomic E-state index is 7.92. The van der Waals surface area contributed by atoms with Gasteiger partial charge in [0, 0.05) is 36.8 Å². The van der Waals surface area contributed by atoms with E-state index in [1.165, 1.54) is 0 Å². The van der Waals surface area contributed by atoms with Crippen molar-refractivity contribution < 1.29 is 41.4 Å². The van der Waals surface area contributed by atoms with Crippen molar-refractivity contribution in [3.05, 3.63) is 84.5 Å². The molecule has 0 unspecified atom stereocenters. The minimum Gasteiger partial charge on any atom is -0.348 e. The molecule has 0 N–H and O–H groups in total. The smallest absolute Gasteiger partial charge is 0.199 e. The van der Waals surface area contributed by atoms with E-state index in [-0.39, 0.29) is 38.3 Å². The molecule has 2 aromatic carbocycles. The second-order valence-corrected chi connectivity index (χ2v) is 6.37. The van der Waals surface area contributed by atoms with Crippen molar-refractivity contribution in [2.45, 2.75) is 20.7 Å². The van der Waals surface area contributed by atoms with Gasteiger partial charge in [0.15, 0.2) is 12.1 Å². The van der Waals surface area contributed by atoms with Crippen molar-refractivity contribution in [2.75, 3.05) is 0 Å². The molecule has 3 nitrogen and oxygen atoms in total. The molecule has 0 bridgehead atoms. The van der Waals surface area contributed by atoms with Crippen LogP contribution in [0.25, 0.3) is 28.0 Å². The molecule has 0 aliphatic carbocycles. The molecule has 4 aromatic rings. The number of hydrogen-bond acceptors (Lipinski definition) is 0. The number of aryl methyl sites for hydroxylation is 2. The zero-order valence-electron chi connectivity index (χ0n) is 18.7. The van der Waals surface area contributed by atoms with E-state index in [4.69, 9.17) is 4.11 Å². The number of imidazole rings is 1. The summed E-state index contributed by atoms with van der Waals surface area (Å²) in [6, 6.07) is 16.0. The average Bonchev–Trinajstić information content (AvgIpc) is 3.24. The summed E-state index contributed by atoms with van der Waals surface area (Å²) in [5, 5.41) is 0.859. The molecule has 133 valence electrons. The van der Waals surface area contributed by atoms with E-state index in [9.17, 15) is 0 Å². The SMILES string of the molecule is [2H]C([2H])([2H])C(=[C-]C)c1[c-]n(-c2cn(-c3ccccc3)c[n+]2C)c2c(C)cccc12.[Y]. The molecule has 0 amide bonds. The van der Waals surface area contributed by atoms with Crippen LogP contribution in [0.5, 0.6) is 0 Å². The molecule has 0 aliphatic rings. The summed E-state index contributed by atoms with van der Waals surface area (Å²) in [7, 11) is 1.97. The van der Waals surface area contributed by atoms with Gasteiger partial charge in [-0.25, -0.2) is 10.1 Å². The van der Waals surface area contributed by atoms with Crippen molar-refractivity contribution in [1.82, 2.24) is 9.13 Å². The molecule has 4 rings (SSSR count). The Balaban J connectivity index is 0.00000256. The fourth-order valence-electron chi connectivity index (χ4n) is 3.32. The Morgan fingerprint density at radius 1 is 1.15 bits per heavy atom. The van der Waals surface area contributed by atoms with E-state index in [2.05, 4.69) is 12.3 Å².